The van der Waals surface area contributed by atoms with Gasteiger partial charge in [-0.2, -0.15) is 0 Å². The Morgan fingerprint density at radius 3 is 1.83 bits per heavy atom. The van der Waals surface area contributed by atoms with Crippen LogP contribution < -0.4 is 5.09 Å². The minimum absolute atomic E-state index is 0.343. The van der Waals surface area contributed by atoms with Gasteiger partial charge in [-0.1, -0.05) is 0 Å². The van der Waals surface area contributed by atoms with Gasteiger partial charge < -0.3 is 9.05 Å². The highest BCUT2D eigenvalue weighted by Crippen LogP contribution is 2.44. The summed E-state index contributed by atoms with van der Waals surface area (Å²) in [5.74, 6) is 0. The molecule has 18 heavy (non-hydrogen) atoms. The van der Waals surface area contributed by atoms with Crippen LogP contribution in [0.1, 0.15) is 27.7 Å². The maximum atomic E-state index is 12.1. The average molecular weight is 301 g/mol. The van der Waals surface area contributed by atoms with Crippen LogP contribution in [0.3, 0.4) is 0 Å². The van der Waals surface area contributed by atoms with Gasteiger partial charge in [0.2, 0.25) is 0 Å². The summed E-state index contributed by atoms with van der Waals surface area (Å²) in [6.07, 6.45) is 0.654. The van der Waals surface area contributed by atoms with Crippen LogP contribution in [0.15, 0.2) is 0 Å². The van der Waals surface area contributed by atoms with Gasteiger partial charge in [-0.05, 0) is 27.7 Å². The zero-order chi connectivity index (χ0) is 13.9. The SMILES string of the molecule is CCOP(CCNP(=O)(OCC)OCC)OCC. The van der Waals surface area contributed by atoms with E-state index in [2.05, 4.69) is 5.09 Å². The van der Waals surface area contributed by atoms with E-state index in [0.717, 1.165) is 0 Å². The van der Waals surface area contributed by atoms with E-state index in [1.165, 1.54) is 0 Å². The van der Waals surface area contributed by atoms with E-state index in [0.29, 0.717) is 39.1 Å². The lowest BCUT2D eigenvalue weighted by Gasteiger charge is -2.20. The zero-order valence-corrected chi connectivity index (χ0v) is 13.5. The van der Waals surface area contributed by atoms with Crippen LogP contribution in [-0.4, -0.2) is 39.1 Å². The molecule has 0 fully saturated rings. The molecule has 8 heteroatoms. The number of rotatable bonds is 12. The Hall–Kier alpha value is 0.460. The molecule has 0 atom stereocenters. The van der Waals surface area contributed by atoms with Crippen molar-refractivity contribution in [2.45, 2.75) is 27.7 Å². The van der Waals surface area contributed by atoms with Crippen molar-refractivity contribution in [2.24, 2.45) is 0 Å². The molecule has 1 N–H and O–H groups in total. The fourth-order valence-corrected chi connectivity index (χ4v) is 3.90. The van der Waals surface area contributed by atoms with Gasteiger partial charge in [0, 0.05) is 12.7 Å². The Balaban J connectivity index is 4.06. The first kappa shape index (κ1) is 18.5. The molecule has 0 aliphatic rings. The van der Waals surface area contributed by atoms with E-state index in [1.807, 2.05) is 13.8 Å². The first-order valence-corrected chi connectivity index (χ1v) is 9.19. The third kappa shape index (κ3) is 8.54. The summed E-state index contributed by atoms with van der Waals surface area (Å²) in [6.45, 7) is 9.79. The van der Waals surface area contributed by atoms with Crippen molar-refractivity contribution in [3.63, 3.8) is 0 Å². The molecule has 0 saturated carbocycles. The predicted molar refractivity (Wildman–Crippen MR) is 73.9 cm³/mol. The second kappa shape index (κ2) is 11.3. The summed E-state index contributed by atoms with van der Waals surface area (Å²) < 4.78 is 33.2. The summed E-state index contributed by atoms with van der Waals surface area (Å²) in [6, 6.07) is 0. The smallest absolute Gasteiger partial charge is 0.334 e. The molecule has 0 saturated heterocycles. The fourth-order valence-electron chi connectivity index (χ4n) is 1.20. The third-order valence-corrected chi connectivity index (χ3v) is 5.23. The van der Waals surface area contributed by atoms with Crippen molar-refractivity contribution in [3.8, 4) is 0 Å². The molecule has 0 heterocycles. The number of hydrogen-bond donors (Lipinski definition) is 1. The third-order valence-electron chi connectivity index (χ3n) is 1.74. The van der Waals surface area contributed by atoms with Gasteiger partial charge in [-0.25, -0.2) is 9.65 Å². The van der Waals surface area contributed by atoms with Crippen molar-refractivity contribution in [2.75, 3.05) is 39.1 Å². The van der Waals surface area contributed by atoms with Crippen LogP contribution in [0.4, 0.5) is 0 Å². The molecule has 0 amide bonds. The van der Waals surface area contributed by atoms with E-state index in [4.69, 9.17) is 18.1 Å². The molecule has 0 rings (SSSR count). The molecule has 0 spiro atoms. The first-order chi connectivity index (χ1) is 8.61. The van der Waals surface area contributed by atoms with Gasteiger partial charge in [0.05, 0.1) is 26.4 Å². The van der Waals surface area contributed by atoms with Crippen LogP contribution in [0, 0.1) is 0 Å². The Morgan fingerprint density at radius 1 is 0.944 bits per heavy atom. The normalized spacial score (nSPS) is 12.3. The van der Waals surface area contributed by atoms with Gasteiger partial charge in [-0.3, -0.25) is 9.05 Å². The second-order valence-corrected chi connectivity index (χ2v) is 6.59. The zero-order valence-electron chi connectivity index (χ0n) is 11.7. The van der Waals surface area contributed by atoms with Crippen LogP contribution in [0.2, 0.25) is 0 Å². The molecule has 110 valence electrons. The maximum Gasteiger partial charge on any atom is 0.405 e. The monoisotopic (exact) mass is 301 g/mol. The summed E-state index contributed by atoms with van der Waals surface area (Å²) in [7, 11) is -4.09. The summed E-state index contributed by atoms with van der Waals surface area (Å²) in [5, 5.41) is 2.81. The fraction of sp³-hybridized carbons (Fsp3) is 1.00. The van der Waals surface area contributed by atoms with Crippen molar-refractivity contribution >= 4 is 16.1 Å². The topological polar surface area (TPSA) is 66.0 Å². The largest absolute Gasteiger partial charge is 0.405 e. The van der Waals surface area contributed by atoms with E-state index in [9.17, 15) is 4.57 Å². The molecule has 0 aromatic carbocycles. The molecule has 0 aliphatic carbocycles. The number of hydrogen-bond acceptors (Lipinski definition) is 5. The molecule has 0 unspecified atom stereocenters. The van der Waals surface area contributed by atoms with E-state index in [1.54, 1.807) is 13.8 Å². The molecule has 6 nitrogen and oxygen atoms in total. The molecule has 0 aromatic heterocycles. The number of nitrogens with one attached hydrogen (secondary N) is 1. The summed E-state index contributed by atoms with van der Waals surface area (Å²) in [5.41, 5.74) is 0. The standard InChI is InChI=1S/C10H25NO5P2/c1-5-13-17(14-6-2)10-9-11-18(12,15-7-3)16-8-4/h5-10H2,1-4H3,(H,11,12). The van der Waals surface area contributed by atoms with Crippen molar-refractivity contribution < 1.29 is 22.7 Å². The molecule has 0 bridgehead atoms. The van der Waals surface area contributed by atoms with Gasteiger partial charge in [0.15, 0.2) is 8.38 Å². The summed E-state index contributed by atoms with van der Waals surface area (Å²) >= 11 is 0. The molecule has 0 aromatic rings. The van der Waals surface area contributed by atoms with Crippen LogP contribution in [0.25, 0.3) is 0 Å². The van der Waals surface area contributed by atoms with Gasteiger partial charge in [-0.15, -0.1) is 0 Å². The minimum atomic E-state index is -3.16. The summed E-state index contributed by atoms with van der Waals surface area (Å²) in [4.78, 5) is 0. The lowest BCUT2D eigenvalue weighted by atomic mass is 10.8. The van der Waals surface area contributed by atoms with Gasteiger partial charge in [0.25, 0.3) is 0 Å². The predicted octanol–water partition coefficient (Wildman–Crippen LogP) is 3.14. The lowest BCUT2D eigenvalue weighted by molar-refractivity contribution is 0.211. The highest BCUT2D eigenvalue weighted by molar-refractivity contribution is 7.51. The van der Waals surface area contributed by atoms with E-state index >= 15 is 0 Å². The van der Waals surface area contributed by atoms with E-state index < -0.39 is 16.1 Å². The van der Waals surface area contributed by atoms with Crippen molar-refractivity contribution in [1.29, 1.82) is 0 Å². The van der Waals surface area contributed by atoms with Crippen LogP contribution in [-0.2, 0) is 22.7 Å². The minimum Gasteiger partial charge on any atom is -0.334 e. The molecular weight excluding hydrogens is 276 g/mol. The molecule has 0 radical (unpaired) electrons. The lowest BCUT2D eigenvalue weighted by Crippen LogP contribution is -2.19. The van der Waals surface area contributed by atoms with Crippen LogP contribution >= 0.6 is 16.1 Å². The van der Waals surface area contributed by atoms with Gasteiger partial charge >= 0.3 is 7.75 Å². The average Bonchev–Trinajstić information content (AvgIpc) is 2.30. The molecule has 0 aliphatic heterocycles. The Kier molecular flexibility index (Phi) is 11.6. The Morgan fingerprint density at radius 2 is 1.44 bits per heavy atom. The second-order valence-electron chi connectivity index (χ2n) is 3.13. The highest BCUT2D eigenvalue weighted by Gasteiger charge is 2.23. The van der Waals surface area contributed by atoms with Crippen molar-refractivity contribution in [1.82, 2.24) is 5.09 Å². The quantitative estimate of drug-likeness (QED) is 0.559. The molecular formula is C10H25NO5P2. The van der Waals surface area contributed by atoms with Crippen molar-refractivity contribution in [3.05, 3.63) is 0 Å². The maximum absolute atomic E-state index is 12.1. The van der Waals surface area contributed by atoms with Crippen LogP contribution in [0.5, 0.6) is 0 Å². The Bertz CT molecular complexity index is 226. The first-order valence-electron chi connectivity index (χ1n) is 6.29. The van der Waals surface area contributed by atoms with E-state index in [-0.39, 0.29) is 0 Å². The Labute approximate surface area is 111 Å². The highest BCUT2D eigenvalue weighted by atomic mass is 31.2. The van der Waals surface area contributed by atoms with Gasteiger partial charge in [0.1, 0.15) is 0 Å².